The van der Waals surface area contributed by atoms with E-state index < -0.39 is 11.9 Å². The summed E-state index contributed by atoms with van der Waals surface area (Å²) in [5, 5.41) is 2.98. The molecule has 1 aliphatic carbocycles. The molecule has 2 atom stereocenters. The number of rotatable bonds is 8. The molecule has 3 N–H and O–H groups in total. The predicted molar refractivity (Wildman–Crippen MR) is 112 cm³/mol. The number of hydrogen-bond donors (Lipinski definition) is 2. The van der Waals surface area contributed by atoms with E-state index in [1.165, 1.54) is 6.08 Å². The molecule has 1 saturated carbocycles. The molecule has 2 rings (SSSR count). The summed E-state index contributed by atoms with van der Waals surface area (Å²) in [5.41, 5.74) is 7.14. The number of carbonyl (C=O) groups is 2. The number of nitrogens with zero attached hydrogens (tertiary/aromatic N) is 1. The van der Waals surface area contributed by atoms with Gasteiger partial charge in [0.25, 0.3) is 0 Å². The number of esters is 2. The third kappa shape index (κ3) is 5.19. The second-order valence-corrected chi connectivity index (χ2v) is 7.46. The first kappa shape index (κ1) is 22.1. The Hall–Kier alpha value is -2.22. The lowest BCUT2D eigenvalue weighted by Crippen LogP contribution is -2.42. The molecule has 0 radical (unpaired) electrons. The van der Waals surface area contributed by atoms with E-state index in [2.05, 4.69) is 16.9 Å². The van der Waals surface area contributed by atoms with E-state index in [9.17, 15) is 9.59 Å². The monoisotopic (exact) mass is 407 g/mol. The Morgan fingerprint density at radius 1 is 1.36 bits per heavy atom. The number of thiocarbonyl (C=S) groups is 1. The van der Waals surface area contributed by atoms with Crippen molar-refractivity contribution >= 4 is 35.0 Å². The van der Waals surface area contributed by atoms with Crippen LogP contribution in [0.3, 0.4) is 0 Å². The third-order valence-corrected chi connectivity index (χ3v) is 5.34. The van der Waals surface area contributed by atoms with Gasteiger partial charge in [0.1, 0.15) is 12.5 Å². The van der Waals surface area contributed by atoms with Crippen LogP contribution in [0.25, 0.3) is 0 Å². The van der Waals surface area contributed by atoms with E-state index in [1.807, 2.05) is 0 Å². The van der Waals surface area contributed by atoms with Crippen molar-refractivity contribution in [2.75, 3.05) is 19.8 Å². The van der Waals surface area contributed by atoms with Crippen molar-refractivity contribution in [1.29, 1.82) is 0 Å². The van der Waals surface area contributed by atoms with Gasteiger partial charge in [0.05, 0.1) is 24.4 Å². The van der Waals surface area contributed by atoms with E-state index in [-0.39, 0.29) is 42.7 Å². The Morgan fingerprint density at radius 2 is 2.04 bits per heavy atom. The molecule has 2 unspecified atom stereocenters. The lowest BCUT2D eigenvalue weighted by molar-refractivity contribution is -0.147. The van der Waals surface area contributed by atoms with Gasteiger partial charge in [0, 0.05) is 11.6 Å². The molecule has 0 amide bonds. The Kier molecular flexibility index (Phi) is 8.17. The normalized spacial score (nSPS) is 22.4. The molecule has 0 spiro atoms. The van der Waals surface area contributed by atoms with Crippen LogP contribution in [-0.2, 0) is 19.1 Å². The molecule has 1 aliphatic heterocycles. The van der Waals surface area contributed by atoms with Crippen LogP contribution in [0, 0.1) is 17.8 Å². The fraction of sp³-hybridized carbons (Fsp3) is 0.600. The van der Waals surface area contributed by atoms with Crippen LogP contribution in [0.2, 0.25) is 0 Å². The van der Waals surface area contributed by atoms with Gasteiger partial charge in [0.2, 0.25) is 0 Å². The van der Waals surface area contributed by atoms with Crippen molar-refractivity contribution in [3.05, 3.63) is 23.9 Å². The molecule has 0 bridgehead atoms. The van der Waals surface area contributed by atoms with Gasteiger partial charge in [-0.1, -0.05) is 25.5 Å². The second-order valence-electron chi connectivity index (χ2n) is 7.02. The average molecular weight is 408 g/mol. The number of nitrogens with one attached hydrogen (secondary N) is 1. The fourth-order valence-corrected chi connectivity index (χ4v) is 4.17. The number of ether oxygens (including phenoxy) is 2. The predicted octanol–water partition coefficient (Wildman–Crippen LogP) is 2.26. The summed E-state index contributed by atoms with van der Waals surface area (Å²) in [6, 6.07) is 0. The maximum absolute atomic E-state index is 12.9. The second kappa shape index (κ2) is 10.4. The Balaban J connectivity index is 2.51. The maximum atomic E-state index is 12.9. The Bertz CT molecular complexity index is 696. The summed E-state index contributed by atoms with van der Waals surface area (Å²) in [6.45, 7) is 7.71. The van der Waals surface area contributed by atoms with Crippen LogP contribution in [0.4, 0.5) is 0 Å². The average Bonchev–Trinajstić information content (AvgIpc) is 3.18. The maximum Gasteiger partial charge on any atom is 0.336 e. The van der Waals surface area contributed by atoms with Gasteiger partial charge in [-0.15, -0.1) is 0 Å². The first-order valence-corrected chi connectivity index (χ1v) is 10.1. The molecule has 0 aromatic carbocycles. The van der Waals surface area contributed by atoms with Crippen LogP contribution < -0.4 is 11.1 Å². The number of hydrogen-bond acceptors (Lipinski definition) is 6. The lowest BCUT2D eigenvalue weighted by Gasteiger charge is -2.35. The quantitative estimate of drug-likeness (QED) is 0.361. The summed E-state index contributed by atoms with van der Waals surface area (Å²) in [4.78, 5) is 30.3. The molecule has 2 aliphatic rings. The van der Waals surface area contributed by atoms with E-state index in [4.69, 9.17) is 27.4 Å². The zero-order valence-electron chi connectivity index (χ0n) is 16.5. The van der Waals surface area contributed by atoms with Crippen molar-refractivity contribution in [2.45, 2.75) is 39.5 Å². The van der Waals surface area contributed by atoms with E-state index in [1.54, 1.807) is 13.8 Å². The number of carbonyl (C=O) groups excluding carboxylic acids is 2. The minimum Gasteiger partial charge on any atom is -0.463 e. The van der Waals surface area contributed by atoms with Crippen LogP contribution in [0.15, 0.2) is 28.9 Å². The summed E-state index contributed by atoms with van der Waals surface area (Å²) >= 11 is 4.89. The highest BCUT2D eigenvalue weighted by molar-refractivity contribution is 7.80. The van der Waals surface area contributed by atoms with Gasteiger partial charge in [-0.25, -0.2) is 4.79 Å². The summed E-state index contributed by atoms with van der Waals surface area (Å²) < 4.78 is 10.7. The highest BCUT2D eigenvalue weighted by Crippen LogP contribution is 2.44. The fourth-order valence-electron chi connectivity index (χ4n) is 4.10. The Labute approximate surface area is 171 Å². The highest BCUT2D eigenvalue weighted by Gasteiger charge is 2.46. The van der Waals surface area contributed by atoms with Crippen molar-refractivity contribution in [3.8, 4) is 0 Å². The van der Waals surface area contributed by atoms with E-state index in [0.717, 1.165) is 25.7 Å². The van der Waals surface area contributed by atoms with Gasteiger partial charge < -0.3 is 20.5 Å². The standard InChI is InChI=1S/C20H29N3O4S/c1-4-10-27-18(24)15-12(3)23-14(11-22-20(21)28)17(19(25)26-5-2)16(15)13-8-6-7-9-13/h4,13,15-16H,1,5-11H2,2-3H3,(H3,21,22,28). The molecular weight excluding hydrogens is 378 g/mol. The Morgan fingerprint density at radius 3 is 2.61 bits per heavy atom. The topological polar surface area (TPSA) is 103 Å². The minimum absolute atomic E-state index is 0.119. The molecule has 7 nitrogen and oxygen atoms in total. The molecule has 0 saturated heterocycles. The van der Waals surface area contributed by atoms with E-state index in [0.29, 0.717) is 17.0 Å². The summed E-state index contributed by atoms with van der Waals surface area (Å²) in [5.74, 6) is -1.60. The number of nitrogens with two attached hydrogens (primary N) is 1. The van der Waals surface area contributed by atoms with Crippen LogP contribution >= 0.6 is 12.2 Å². The molecule has 1 heterocycles. The zero-order chi connectivity index (χ0) is 20.7. The first-order chi connectivity index (χ1) is 13.4. The largest absolute Gasteiger partial charge is 0.463 e. The third-order valence-electron chi connectivity index (χ3n) is 5.20. The van der Waals surface area contributed by atoms with Crippen LogP contribution in [0.1, 0.15) is 39.5 Å². The zero-order valence-corrected chi connectivity index (χ0v) is 17.3. The SMILES string of the molecule is C=CCOC(=O)C1C(C)=NC(CNC(N)=S)=C(C(=O)OCC)C1C1CCCC1. The van der Waals surface area contributed by atoms with Crippen LogP contribution in [-0.4, -0.2) is 42.5 Å². The first-order valence-electron chi connectivity index (χ1n) is 9.66. The summed E-state index contributed by atoms with van der Waals surface area (Å²) in [7, 11) is 0. The number of aliphatic imine (C=N–C) groups is 1. The molecular formula is C20H29N3O4S. The van der Waals surface area contributed by atoms with Gasteiger partial charge in [-0.3, -0.25) is 9.79 Å². The van der Waals surface area contributed by atoms with Gasteiger partial charge in [0.15, 0.2) is 5.11 Å². The molecule has 154 valence electrons. The molecule has 28 heavy (non-hydrogen) atoms. The van der Waals surface area contributed by atoms with Crippen molar-refractivity contribution in [1.82, 2.24) is 5.32 Å². The lowest BCUT2D eigenvalue weighted by atomic mass is 9.71. The van der Waals surface area contributed by atoms with Crippen LogP contribution in [0.5, 0.6) is 0 Å². The van der Waals surface area contributed by atoms with E-state index >= 15 is 0 Å². The molecule has 0 aromatic rings. The molecule has 1 fully saturated rings. The molecule has 0 aromatic heterocycles. The highest BCUT2D eigenvalue weighted by atomic mass is 32.1. The minimum atomic E-state index is -0.615. The van der Waals surface area contributed by atoms with Gasteiger partial charge in [-0.05, 0) is 44.8 Å². The van der Waals surface area contributed by atoms with Crippen molar-refractivity contribution < 1.29 is 19.1 Å². The van der Waals surface area contributed by atoms with Crippen molar-refractivity contribution in [2.24, 2.45) is 28.5 Å². The summed E-state index contributed by atoms with van der Waals surface area (Å²) in [6.07, 6.45) is 5.56. The molecule has 8 heteroatoms. The smallest absolute Gasteiger partial charge is 0.336 e. The van der Waals surface area contributed by atoms with Crippen molar-refractivity contribution in [3.63, 3.8) is 0 Å². The van der Waals surface area contributed by atoms with Gasteiger partial charge in [-0.2, -0.15) is 0 Å². The van der Waals surface area contributed by atoms with Gasteiger partial charge >= 0.3 is 11.9 Å².